The molecular formula is C12H14N2O4. The molecule has 96 valence electrons. The number of nitrogens with zero attached hydrogens (tertiary/aromatic N) is 1. The van der Waals surface area contributed by atoms with Crippen LogP contribution in [0.3, 0.4) is 0 Å². The maximum Gasteiger partial charge on any atom is 0.319 e. The van der Waals surface area contributed by atoms with Crippen LogP contribution in [0.5, 0.6) is 0 Å². The van der Waals surface area contributed by atoms with E-state index in [1.807, 2.05) is 0 Å². The molecule has 2 rings (SSSR count). The molecule has 0 heterocycles. The molecule has 1 saturated carbocycles. The second-order valence-corrected chi connectivity index (χ2v) is 4.29. The average Bonchev–Trinajstić information content (AvgIpc) is 3.17. The zero-order valence-electron chi connectivity index (χ0n) is 10.0. The van der Waals surface area contributed by atoms with Gasteiger partial charge in [-0.05, 0) is 12.8 Å². The summed E-state index contributed by atoms with van der Waals surface area (Å²) in [6.45, 7) is 0.0581. The Balaban J connectivity index is 2.20. The summed E-state index contributed by atoms with van der Waals surface area (Å²) in [5, 5.41) is 14.0. The number of benzene rings is 1. The van der Waals surface area contributed by atoms with E-state index in [1.165, 1.54) is 13.2 Å². The van der Waals surface area contributed by atoms with Crippen molar-refractivity contribution < 1.29 is 14.5 Å². The fourth-order valence-corrected chi connectivity index (χ4v) is 2.02. The molecule has 0 bridgehead atoms. The van der Waals surface area contributed by atoms with E-state index in [1.54, 1.807) is 18.2 Å². The van der Waals surface area contributed by atoms with E-state index in [4.69, 9.17) is 0 Å². The highest BCUT2D eigenvalue weighted by molar-refractivity contribution is 5.71. The van der Waals surface area contributed by atoms with Gasteiger partial charge in [0.05, 0.1) is 24.1 Å². The van der Waals surface area contributed by atoms with Crippen LogP contribution in [-0.4, -0.2) is 24.5 Å². The van der Waals surface area contributed by atoms with Gasteiger partial charge in [0.2, 0.25) is 0 Å². The topological polar surface area (TPSA) is 81.5 Å². The van der Waals surface area contributed by atoms with Gasteiger partial charge >= 0.3 is 5.97 Å². The predicted molar refractivity (Wildman–Crippen MR) is 64.0 cm³/mol. The summed E-state index contributed by atoms with van der Waals surface area (Å²) in [5.41, 5.74) is 0.281. The number of carbonyl (C=O) groups is 1. The first-order chi connectivity index (χ1) is 8.59. The van der Waals surface area contributed by atoms with Gasteiger partial charge in [0, 0.05) is 11.6 Å². The normalized spacial score (nSPS) is 16.1. The van der Waals surface area contributed by atoms with Gasteiger partial charge in [0.25, 0.3) is 5.69 Å². The van der Waals surface area contributed by atoms with Crippen LogP contribution < -0.4 is 5.32 Å². The lowest BCUT2D eigenvalue weighted by atomic mass is 10.0. The molecule has 1 aromatic rings. The van der Waals surface area contributed by atoms with Crippen LogP contribution in [0.1, 0.15) is 18.4 Å². The number of nitro benzene ring substituents is 1. The molecular weight excluding hydrogens is 236 g/mol. The Labute approximate surface area is 104 Å². The number of hydrogen-bond acceptors (Lipinski definition) is 5. The number of ether oxygens (including phenoxy) is 1. The molecule has 6 heteroatoms. The molecule has 0 saturated heterocycles. The minimum atomic E-state index is -0.447. The third-order valence-corrected chi connectivity index (χ3v) is 3.17. The first-order valence-electron chi connectivity index (χ1n) is 5.65. The number of hydrogen-bond donors (Lipinski definition) is 1. The molecule has 0 aliphatic heterocycles. The van der Waals surface area contributed by atoms with Crippen LogP contribution in [0, 0.1) is 10.1 Å². The van der Waals surface area contributed by atoms with E-state index in [2.05, 4.69) is 10.1 Å². The standard InChI is InChI=1S/C12H14N2O4/c1-18-11(15)8-13-12(6-7-12)9-4-2-3-5-10(9)14(16)17/h2-5,13H,6-8H2,1H3. The van der Waals surface area contributed by atoms with E-state index in [0.717, 1.165) is 12.8 Å². The van der Waals surface area contributed by atoms with Gasteiger partial charge in [0.15, 0.2) is 0 Å². The highest BCUT2D eigenvalue weighted by atomic mass is 16.6. The Morgan fingerprint density at radius 2 is 2.17 bits per heavy atom. The van der Waals surface area contributed by atoms with Crippen LogP contribution in [0.15, 0.2) is 24.3 Å². The second kappa shape index (κ2) is 4.73. The Morgan fingerprint density at radius 3 is 2.72 bits per heavy atom. The zero-order valence-corrected chi connectivity index (χ0v) is 10.0. The molecule has 0 spiro atoms. The van der Waals surface area contributed by atoms with Gasteiger partial charge < -0.3 is 4.74 Å². The van der Waals surface area contributed by atoms with E-state index in [0.29, 0.717) is 5.56 Å². The molecule has 0 atom stereocenters. The smallest absolute Gasteiger partial charge is 0.319 e. The van der Waals surface area contributed by atoms with Crippen LogP contribution in [0.4, 0.5) is 5.69 Å². The summed E-state index contributed by atoms with van der Waals surface area (Å²) in [6, 6.07) is 6.62. The van der Waals surface area contributed by atoms with E-state index < -0.39 is 10.5 Å². The molecule has 1 aliphatic rings. The fourth-order valence-electron chi connectivity index (χ4n) is 2.02. The van der Waals surface area contributed by atoms with Crippen LogP contribution in [0.25, 0.3) is 0 Å². The molecule has 1 aliphatic carbocycles. The van der Waals surface area contributed by atoms with Crippen molar-refractivity contribution in [1.29, 1.82) is 0 Å². The van der Waals surface area contributed by atoms with Crippen molar-refractivity contribution in [1.82, 2.24) is 5.32 Å². The Hall–Kier alpha value is -1.95. The summed E-state index contributed by atoms with van der Waals surface area (Å²) in [5.74, 6) is -0.375. The minimum absolute atomic E-state index is 0.0581. The van der Waals surface area contributed by atoms with E-state index >= 15 is 0 Å². The van der Waals surface area contributed by atoms with Gasteiger partial charge in [-0.15, -0.1) is 0 Å². The molecule has 0 amide bonds. The number of nitro groups is 1. The van der Waals surface area contributed by atoms with Gasteiger partial charge in [-0.1, -0.05) is 18.2 Å². The van der Waals surface area contributed by atoms with Crippen molar-refractivity contribution in [2.75, 3.05) is 13.7 Å². The third-order valence-electron chi connectivity index (χ3n) is 3.17. The number of para-hydroxylation sites is 1. The lowest BCUT2D eigenvalue weighted by Crippen LogP contribution is -2.34. The molecule has 1 N–H and O–H groups in total. The van der Waals surface area contributed by atoms with Crippen LogP contribution in [0.2, 0.25) is 0 Å². The Bertz CT molecular complexity index is 483. The first kappa shape index (κ1) is 12.5. The van der Waals surface area contributed by atoms with Crippen molar-refractivity contribution in [3.8, 4) is 0 Å². The molecule has 18 heavy (non-hydrogen) atoms. The van der Waals surface area contributed by atoms with Crippen molar-refractivity contribution in [2.45, 2.75) is 18.4 Å². The number of methoxy groups -OCH3 is 1. The highest BCUT2D eigenvalue weighted by Crippen LogP contribution is 2.48. The Morgan fingerprint density at radius 1 is 1.50 bits per heavy atom. The third kappa shape index (κ3) is 2.33. The van der Waals surface area contributed by atoms with Gasteiger partial charge in [0.1, 0.15) is 0 Å². The van der Waals surface area contributed by atoms with Crippen LogP contribution >= 0.6 is 0 Å². The molecule has 0 radical (unpaired) electrons. The lowest BCUT2D eigenvalue weighted by molar-refractivity contribution is -0.385. The predicted octanol–water partition coefficient (Wildman–Crippen LogP) is 1.35. The largest absolute Gasteiger partial charge is 0.468 e. The fraction of sp³-hybridized carbons (Fsp3) is 0.417. The quantitative estimate of drug-likeness (QED) is 0.484. The maximum absolute atomic E-state index is 11.1. The zero-order chi connectivity index (χ0) is 13.2. The van der Waals surface area contributed by atoms with Crippen molar-refractivity contribution >= 4 is 11.7 Å². The molecule has 1 fully saturated rings. The van der Waals surface area contributed by atoms with Crippen LogP contribution in [-0.2, 0) is 15.1 Å². The number of esters is 1. The highest BCUT2D eigenvalue weighted by Gasteiger charge is 2.47. The molecule has 0 unspecified atom stereocenters. The van der Waals surface area contributed by atoms with E-state index in [9.17, 15) is 14.9 Å². The summed E-state index contributed by atoms with van der Waals surface area (Å²) in [4.78, 5) is 21.7. The van der Waals surface area contributed by atoms with Crippen molar-refractivity contribution in [3.05, 3.63) is 39.9 Å². The monoisotopic (exact) mass is 250 g/mol. The first-order valence-corrected chi connectivity index (χ1v) is 5.65. The molecule has 1 aromatic carbocycles. The number of nitrogens with one attached hydrogen (secondary N) is 1. The number of carbonyl (C=O) groups excluding carboxylic acids is 1. The Kier molecular flexibility index (Phi) is 3.29. The SMILES string of the molecule is COC(=O)CNC1(c2ccccc2[N+](=O)[O-])CC1. The molecule has 0 aromatic heterocycles. The summed E-state index contributed by atoms with van der Waals surface area (Å²) >= 11 is 0. The average molecular weight is 250 g/mol. The summed E-state index contributed by atoms with van der Waals surface area (Å²) in [6.07, 6.45) is 1.57. The van der Waals surface area contributed by atoms with E-state index in [-0.39, 0.29) is 18.2 Å². The van der Waals surface area contributed by atoms with Gasteiger partial charge in [-0.2, -0.15) is 0 Å². The number of rotatable bonds is 5. The lowest BCUT2D eigenvalue weighted by Gasteiger charge is -2.16. The maximum atomic E-state index is 11.1. The summed E-state index contributed by atoms with van der Waals surface area (Å²) in [7, 11) is 1.31. The van der Waals surface area contributed by atoms with Crippen molar-refractivity contribution in [2.24, 2.45) is 0 Å². The van der Waals surface area contributed by atoms with Crippen molar-refractivity contribution in [3.63, 3.8) is 0 Å². The summed E-state index contributed by atoms with van der Waals surface area (Å²) < 4.78 is 4.55. The minimum Gasteiger partial charge on any atom is -0.468 e. The van der Waals surface area contributed by atoms with Gasteiger partial charge in [-0.25, -0.2) is 0 Å². The van der Waals surface area contributed by atoms with Gasteiger partial charge in [-0.3, -0.25) is 20.2 Å². The second-order valence-electron chi connectivity index (χ2n) is 4.29. The molecule has 6 nitrogen and oxygen atoms in total.